The molecule has 2 atom stereocenters. The Kier molecular flexibility index (Phi) is 13.1. The van der Waals surface area contributed by atoms with Crippen LogP contribution in [0.15, 0.2) is 54.6 Å². The SMILES string of the molecule is CCOC(=O)C(C)Cc1cc(F)c(O)c(F)c1.CCOC(=O)C(C)Cc1ccc(F)c(OCc2ccccc2)c1F. The average molecular weight is 579 g/mol. The van der Waals surface area contributed by atoms with Gasteiger partial charge in [0, 0.05) is 0 Å². The van der Waals surface area contributed by atoms with Gasteiger partial charge in [0.25, 0.3) is 0 Å². The van der Waals surface area contributed by atoms with Crippen LogP contribution in [0.4, 0.5) is 17.6 Å². The van der Waals surface area contributed by atoms with Gasteiger partial charge in [-0.05, 0) is 61.6 Å². The Morgan fingerprint density at radius 2 is 1.29 bits per heavy atom. The first kappa shape index (κ1) is 33.1. The maximum atomic E-state index is 14.5. The molecule has 0 aliphatic carbocycles. The summed E-state index contributed by atoms with van der Waals surface area (Å²) in [6.07, 6.45) is 0.277. The number of ether oxygens (including phenoxy) is 3. The van der Waals surface area contributed by atoms with Crippen molar-refractivity contribution in [1.82, 2.24) is 0 Å². The molecule has 6 nitrogen and oxygen atoms in total. The van der Waals surface area contributed by atoms with Crippen molar-refractivity contribution in [1.29, 1.82) is 0 Å². The lowest BCUT2D eigenvalue weighted by Gasteiger charge is -2.14. The lowest BCUT2D eigenvalue weighted by Crippen LogP contribution is -2.17. The Hall–Kier alpha value is -4.08. The van der Waals surface area contributed by atoms with Crippen LogP contribution in [0.2, 0.25) is 0 Å². The number of phenols is 1. The van der Waals surface area contributed by atoms with Crippen molar-refractivity contribution < 1.29 is 46.5 Å². The molecule has 2 unspecified atom stereocenters. The zero-order chi connectivity index (χ0) is 30.5. The van der Waals surface area contributed by atoms with Gasteiger partial charge in [-0.3, -0.25) is 9.59 Å². The van der Waals surface area contributed by atoms with Crippen LogP contribution in [0, 0.1) is 35.1 Å². The van der Waals surface area contributed by atoms with Crippen molar-refractivity contribution in [2.24, 2.45) is 11.8 Å². The van der Waals surface area contributed by atoms with Gasteiger partial charge in [-0.1, -0.05) is 50.2 Å². The van der Waals surface area contributed by atoms with Gasteiger partial charge in [-0.2, -0.15) is 0 Å². The average Bonchev–Trinajstić information content (AvgIpc) is 2.94. The van der Waals surface area contributed by atoms with Crippen molar-refractivity contribution in [3.05, 3.63) is 94.6 Å². The summed E-state index contributed by atoms with van der Waals surface area (Å²) in [6, 6.07) is 13.6. The van der Waals surface area contributed by atoms with E-state index in [2.05, 4.69) is 0 Å². The van der Waals surface area contributed by atoms with Crippen LogP contribution >= 0.6 is 0 Å². The summed E-state index contributed by atoms with van der Waals surface area (Å²) in [5, 5.41) is 8.92. The van der Waals surface area contributed by atoms with E-state index in [0.29, 0.717) is 5.56 Å². The molecule has 0 aliphatic heterocycles. The first-order valence-corrected chi connectivity index (χ1v) is 13.1. The summed E-state index contributed by atoms with van der Waals surface area (Å²) in [7, 11) is 0. The summed E-state index contributed by atoms with van der Waals surface area (Å²) in [5.41, 5.74) is 1.33. The summed E-state index contributed by atoms with van der Waals surface area (Å²) < 4.78 is 69.5. The number of carbonyl (C=O) groups excluding carboxylic acids is 2. The molecule has 0 saturated carbocycles. The fourth-order valence-corrected chi connectivity index (χ4v) is 3.75. The van der Waals surface area contributed by atoms with Gasteiger partial charge in [0.05, 0.1) is 25.0 Å². The van der Waals surface area contributed by atoms with E-state index in [1.54, 1.807) is 27.7 Å². The van der Waals surface area contributed by atoms with Gasteiger partial charge in [-0.25, -0.2) is 17.6 Å². The Morgan fingerprint density at radius 3 is 1.83 bits per heavy atom. The number of rotatable bonds is 11. The Balaban J connectivity index is 0.000000305. The number of hydrogen-bond donors (Lipinski definition) is 1. The molecule has 0 fully saturated rings. The first-order valence-electron chi connectivity index (χ1n) is 13.1. The third-order valence-corrected chi connectivity index (χ3v) is 5.88. The van der Waals surface area contributed by atoms with Crippen molar-refractivity contribution in [2.45, 2.75) is 47.1 Å². The zero-order valence-electron chi connectivity index (χ0n) is 23.4. The highest BCUT2D eigenvalue weighted by Gasteiger charge is 2.21. The molecule has 3 rings (SSSR count). The van der Waals surface area contributed by atoms with E-state index < -0.39 is 58.5 Å². The van der Waals surface area contributed by atoms with E-state index in [-0.39, 0.29) is 38.2 Å². The molecule has 41 heavy (non-hydrogen) atoms. The minimum absolute atomic E-state index is 0.0611. The van der Waals surface area contributed by atoms with Gasteiger partial charge in [0.15, 0.2) is 34.8 Å². The highest BCUT2D eigenvalue weighted by molar-refractivity contribution is 5.72. The highest BCUT2D eigenvalue weighted by Crippen LogP contribution is 2.27. The normalized spacial score (nSPS) is 12.0. The minimum atomic E-state index is -1.03. The monoisotopic (exact) mass is 578 g/mol. The maximum absolute atomic E-state index is 14.5. The van der Waals surface area contributed by atoms with Gasteiger partial charge >= 0.3 is 11.9 Å². The zero-order valence-corrected chi connectivity index (χ0v) is 23.4. The lowest BCUT2D eigenvalue weighted by molar-refractivity contribution is -0.148. The minimum Gasteiger partial charge on any atom is -0.503 e. The molecule has 1 N–H and O–H groups in total. The Labute approximate surface area is 236 Å². The molecule has 0 spiro atoms. The molecule has 222 valence electrons. The number of carbonyl (C=O) groups is 2. The van der Waals surface area contributed by atoms with Crippen LogP contribution in [0.5, 0.6) is 11.5 Å². The number of halogens is 4. The van der Waals surface area contributed by atoms with Crippen molar-refractivity contribution in [2.75, 3.05) is 13.2 Å². The van der Waals surface area contributed by atoms with Gasteiger partial charge in [-0.15, -0.1) is 0 Å². The van der Waals surface area contributed by atoms with Gasteiger partial charge in [0.2, 0.25) is 0 Å². The second kappa shape index (κ2) is 16.2. The number of phenolic OH excluding ortho intramolecular Hbond substituents is 1. The van der Waals surface area contributed by atoms with E-state index in [4.69, 9.17) is 19.3 Å². The first-order chi connectivity index (χ1) is 19.5. The molecule has 3 aromatic rings. The standard InChI is InChI=1S/C19H20F2O3.C12H14F2O3/c1-3-23-19(22)13(2)11-15-9-10-16(20)18(17(15)21)24-12-14-7-5-4-6-8-14;1-3-17-12(16)7(2)4-8-5-9(13)11(15)10(14)6-8/h4-10,13H,3,11-12H2,1-2H3;5-7,15H,3-4H2,1-2H3. The Bertz CT molecular complexity index is 1280. The third kappa shape index (κ3) is 10.1. The van der Waals surface area contributed by atoms with Crippen LogP contribution in [0.25, 0.3) is 0 Å². The predicted molar refractivity (Wildman–Crippen MR) is 144 cm³/mol. The summed E-state index contributed by atoms with van der Waals surface area (Å²) in [6.45, 7) is 7.24. The third-order valence-electron chi connectivity index (χ3n) is 5.88. The van der Waals surface area contributed by atoms with Crippen LogP contribution < -0.4 is 4.74 Å². The van der Waals surface area contributed by atoms with Crippen molar-refractivity contribution in [3.8, 4) is 11.5 Å². The summed E-state index contributed by atoms with van der Waals surface area (Å²) in [5.74, 6) is -6.87. The molecule has 0 saturated heterocycles. The lowest BCUT2D eigenvalue weighted by atomic mass is 10.0. The number of aromatic hydroxyl groups is 1. The molecule has 0 bridgehead atoms. The van der Waals surface area contributed by atoms with Crippen molar-refractivity contribution in [3.63, 3.8) is 0 Å². The quantitative estimate of drug-likeness (QED) is 0.202. The van der Waals surface area contributed by atoms with Gasteiger partial charge in [0.1, 0.15) is 6.61 Å². The predicted octanol–water partition coefficient (Wildman–Crippen LogP) is 6.70. The molecule has 0 heterocycles. The molecule has 0 radical (unpaired) electrons. The second-order valence-corrected chi connectivity index (χ2v) is 9.25. The fourth-order valence-electron chi connectivity index (χ4n) is 3.75. The van der Waals surface area contributed by atoms with E-state index in [9.17, 15) is 27.2 Å². The number of benzene rings is 3. The highest BCUT2D eigenvalue weighted by atomic mass is 19.1. The number of esters is 2. The molecular formula is C31H34F4O6. The molecular weight excluding hydrogens is 544 g/mol. The Morgan fingerprint density at radius 1 is 0.756 bits per heavy atom. The molecule has 0 aromatic heterocycles. The van der Waals surface area contributed by atoms with Gasteiger partial charge < -0.3 is 19.3 Å². The van der Waals surface area contributed by atoms with Crippen LogP contribution in [0.3, 0.4) is 0 Å². The fraction of sp³-hybridized carbons (Fsp3) is 0.355. The van der Waals surface area contributed by atoms with Crippen LogP contribution in [-0.4, -0.2) is 30.3 Å². The topological polar surface area (TPSA) is 82.1 Å². The molecule has 0 aliphatic rings. The van der Waals surface area contributed by atoms with Crippen LogP contribution in [0.1, 0.15) is 44.4 Å². The smallest absolute Gasteiger partial charge is 0.308 e. The summed E-state index contributed by atoms with van der Waals surface area (Å²) in [4.78, 5) is 23.0. The number of hydrogen-bond acceptors (Lipinski definition) is 6. The van der Waals surface area contributed by atoms with E-state index in [1.165, 1.54) is 6.07 Å². The van der Waals surface area contributed by atoms with E-state index >= 15 is 0 Å². The molecule has 3 aromatic carbocycles. The van der Waals surface area contributed by atoms with Crippen LogP contribution in [-0.2, 0) is 38.5 Å². The molecule has 0 amide bonds. The van der Waals surface area contributed by atoms with Crippen molar-refractivity contribution >= 4 is 11.9 Å². The largest absolute Gasteiger partial charge is 0.503 e. The molecule has 10 heteroatoms. The second-order valence-electron chi connectivity index (χ2n) is 9.25. The van der Waals surface area contributed by atoms with E-state index in [1.807, 2.05) is 30.3 Å². The maximum Gasteiger partial charge on any atom is 0.308 e. The van der Waals surface area contributed by atoms with E-state index in [0.717, 1.165) is 23.8 Å². The summed E-state index contributed by atoms with van der Waals surface area (Å²) >= 11 is 0.